The largest absolute Gasteiger partial charge is 0.494 e. The zero-order valence-corrected chi connectivity index (χ0v) is 16.3. The second-order valence-corrected chi connectivity index (χ2v) is 6.58. The average Bonchev–Trinajstić information content (AvgIpc) is 2.76. The number of benzene rings is 2. The summed E-state index contributed by atoms with van der Waals surface area (Å²) in [4.78, 5) is 38.1. The van der Waals surface area contributed by atoms with E-state index in [-0.39, 0.29) is 19.1 Å². The minimum Gasteiger partial charge on any atom is -0.494 e. The number of anilines is 1. The molecule has 152 valence electrons. The number of amides is 2. The van der Waals surface area contributed by atoms with Crippen LogP contribution < -0.4 is 15.0 Å². The average molecular weight is 396 g/mol. The summed E-state index contributed by atoms with van der Waals surface area (Å²) in [6.07, 6.45) is 1.80. The van der Waals surface area contributed by atoms with Crippen molar-refractivity contribution in [2.45, 2.75) is 19.8 Å². The van der Waals surface area contributed by atoms with Gasteiger partial charge in [-0.2, -0.15) is 0 Å². The lowest BCUT2D eigenvalue weighted by atomic mass is 10.0. The number of esters is 1. The van der Waals surface area contributed by atoms with Crippen LogP contribution in [0.5, 0.6) is 5.75 Å². The Kier molecular flexibility index (Phi) is 6.84. The number of nitrogens with one attached hydrogen (secondary N) is 1. The first-order valence-corrected chi connectivity index (χ1v) is 9.63. The van der Waals surface area contributed by atoms with Crippen molar-refractivity contribution in [3.63, 3.8) is 0 Å². The summed E-state index contributed by atoms with van der Waals surface area (Å²) in [5, 5.41) is 2.49. The lowest BCUT2D eigenvalue weighted by Gasteiger charge is -2.29. The van der Waals surface area contributed by atoms with E-state index in [1.807, 2.05) is 31.2 Å². The summed E-state index contributed by atoms with van der Waals surface area (Å²) in [6.45, 7) is 2.35. The first kappa shape index (κ1) is 20.4. The smallest absolute Gasteiger partial charge is 0.325 e. The summed E-state index contributed by atoms with van der Waals surface area (Å²) in [5.74, 6) is -0.672. The zero-order valence-electron chi connectivity index (χ0n) is 16.3. The third-order valence-corrected chi connectivity index (χ3v) is 4.59. The number of ether oxygens (including phenoxy) is 2. The molecule has 0 atom stereocenters. The first-order valence-electron chi connectivity index (χ1n) is 9.63. The number of para-hydroxylation sites is 1. The Morgan fingerprint density at radius 1 is 1.07 bits per heavy atom. The van der Waals surface area contributed by atoms with Gasteiger partial charge in [0.15, 0.2) is 6.61 Å². The van der Waals surface area contributed by atoms with E-state index in [0.717, 1.165) is 24.1 Å². The standard InChI is InChI=1S/C22H24N2O5/c1-2-28-18-11-9-17(10-12-18)22(27)23-14-21(26)29-15-20(25)24-13-5-7-16-6-3-4-8-19(16)24/h3-4,6,8-12H,2,5,7,13-15H2,1H3,(H,23,27). The molecule has 2 aromatic carbocycles. The van der Waals surface area contributed by atoms with Crippen molar-refractivity contribution in [3.8, 4) is 5.75 Å². The van der Waals surface area contributed by atoms with Crippen molar-refractivity contribution in [1.82, 2.24) is 5.32 Å². The Hall–Kier alpha value is -3.35. The maximum Gasteiger partial charge on any atom is 0.325 e. The van der Waals surface area contributed by atoms with Crippen molar-refractivity contribution >= 4 is 23.5 Å². The Bertz CT molecular complexity index is 879. The Balaban J connectivity index is 1.45. The van der Waals surface area contributed by atoms with Gasteiger partial charge >= 0.3 is 5.97 Å². The molecule has 0 bridgehead atoms. The second-order valence-electron chi connectivity index (χ2n) is 6.58. The van der Waals surface area contributed by atoms with E-state index in [9.17, 15) is 14.4 Å². The molecule has 7 heteroatoms. The molecule has 1 N–H and O–H groups in total. The number of rotatable bonds is 7. The molecule has 0 saturated heterocycles. The van der Waals surface area contributed by atoms with E-state index in [1.165, 1.54) is 0 Å². The van der Waals surface area contributed by atoms with Crippen molar-refractivity contribution in [1.29, 1.82) is 0 Å². The van der Waals surface area contributed by atoms with E-state index >= 15 is 0 Å². The Labute approximate surface area is 169 Å². The fourth-order valence-electron chi connectivity index (χ4n) is 3.19. The monoisotopic (exact) mass is 396 g/mol. The van der Waals surface area contributed by atoms with Crippen LogP contribution in [0.15, 0.2) is 48.5 Å². The van der Waals surface area contributed by atoms with Gasteiger partial charge in [0.25, 0.3) is 11.8 Å². The molecule has 0 aliphatic carbocycles. The van der Waals surface area contributed by atoms with Gasteiger partial charge in [0, 0.05) is 17.8 Å². The summed E-state index contributed by atoms with van der Waals surface area (Å²) in [5.41, 5.74) is 2.38. The predicted molar refractivity (Wildman–Crippen MR) is 108 cm³/mol. The highest BCUT2D eigenvalue weighted by Gasteiger charge is 2.23. The van der Waals surface area contributed by atoms with Crippen molar-refractivity contribution in [3.05, 3.63) is 59.7 Å². The molecule has 29 heavy (non-hydrogen) atoms. The predicted octanol–water partition coefficient (Wildman–Crippen LogP) is 2.34. The highest BCUT2D eigenvalue weighted by molar-refractivity contribution is 5.97. The zero-order chi connectivity index (χ0) is 20.6. The molecule has 2 aromatic rings. The summed E-state index contributed by atoms with van der Waals surface area (Å²) in [6, 6.07) is 14.3. The highest BCUT2D eigenvalue weighted by atomic mass is 16.5. The van der Waals surface area contributed by atoms with Gasteiger partial charge in [-0.25, -0.2) is 0 Å². The summed E-state index contributed by atoms with van der Waals surface area (Å²) >= 11 is 0. The molecule has 0 spiro atoms. The van der Waals surface area contributed by atoms with Crippen molar-refractivity contribution in [2.24, 2.45) is 0 Å². The van der Waals surface area contributed by atoms with E-state index in [2.05, 4.69) is 5.32 Å². The Morgan fingerprint density at radius 2 is 1.83 bits per heavy atom. The number of carbonyl (C=O) groups excluding carboxylic acids is 3. The third kappa shape index (κ3) is 5.34. The van der Waals surface area contributed by atoms with Crippen LogP contribution in [0.1, 0.15) is 29.3 Å². The van der Waals surface area contributed by atoms with Gasteiger partial charge in [0.1, 0.15) is 12.3 Å². The van der Waals surface area contributed by atoms with Gasteiger partial charge in [-0.1, -0.05) is 18.2 Å². The van der Waals surface area contributed by atoms with Gasteiger partial charge in [0.2, 0.25) is 0 Å². The number of hydrogen-bond acceptors (Lipinski definition) is 5. The van der Waals surface area contributed by atoms with E-state index in [1.54, 1.807) is 29.2 Å². The molecule has 1 aliphatic rings. The maximum atomic E-state index is 12.5. The lowest BCUT2D eigenvalue weighted by Crippen LogP contribution is -2.39. The van der Waals surface area contributed by atoms with Gasteiger partial charge in [0.05, 0.1) is 6.61 Å². The molecule has 0 radical (unpaired) electrons. The molecule has 0 fully saturated rings. The number of nitrogens with zero attached hydrogens (tertiary/aromatic N) is 1. The number of aryl methyl sites for hydroxylation is 1. The van der Waals surface area contributed by atoms with Crippen LogP contribution in [-0.2, 0) is 20.7 Å². The Morgan fingerprint density at radius 3 is 2.59 bits per heavy atom. The minimum absolute atomic E-state index is 0.275. The van der Waals surface area contributed by atoms with E-state index < -0.39 is 11.9 Å². The number of carbonyl (C=O) groups is 3. The van der Waals surface area contributed by atoms with Crippen LogP contribution in [0.25, 0.3) is 0 Å². The fourth-order valence-corrected chi connectivity index (χ4v) is 3.19. The SMILES string of the molecule is CCOc1ccc(C(=O)NCC(=O)OCC(=O)N2CCCc3ccccc32)cc1. The van der Waals surface area contributed by atoms with E-state index in [4.69, 9.17) is 9.47 Å². The van der Waals surface area contributed by atoms with Gasteiger partial charge < -0.3 is 19.7 Å². The highest BCUT2D eigenvalue weighted by Crippen LogP contribution is 2.26. The van der Waals surface area contributed by atoms with Gasteiger partial charge in [-0.05, 0) is 55.7 Å². The molecule has 0 saturated carbocycles. The van der Waals surface area contributed by atoms with Gasteiger partial charge in [-0.3, -0.25) is 14.4 Å². The van der Waals surface area contributed by atoms with Crippen LogP contribution in [0.4, 0.5) is 5.69 Å². The third-order valence-electron chi connectivity index (χ3n) is 4.59. The quantitative estimate of drug-likeness (QED) is 0.726. The lowest BCUT2D eigenvalue weighted by molar-refractivity contribution is -0.146. The number of fused-ring (bicyclic) bond motifs is 1. The molecule has 1 heterocycles. The molecule has 1 aliphatic heterocycles. The molecule has 0 aromatic heterocycles. The van der Waals surface area contributed by atoms with Crippen molar-refractivity contribution in [2.75, 3.05) is 31.2 Å². The van der Waals surface area contributed by atoms with E-state index in [0.29, 0.717) is 24.5 Å². The normalized spacial score (nSPS) is 12.7. The second kappa shape index (κ2) is 9.73. The summed E-state index contributed by atoms with van der Waals surface area (Å²) < 4.78 is 10.4. The molecule has 7 nitrogen and oxygen atoms in total. The summed E-state index contributed by atoms with van der Waals surface area (Å²) in [7, 11) is 0. The molecule has 3 rings (SSSR count). The maximum absolute atomic E-state index is 12.5. The molecular formula is C22H24N2O5. The fraction of sp³-hybridized carbons (Fsp3) is 0.318. The van der Waals surface area contributed by atoms with Crippen LogP contribution >= 0.6 is 0 Å². The number of hydrogen-bond donors (Lipinski definition) is 1. The first-order chi connectivity index (χ1) is 14.1. The van der Waals surface area contributed by atoms with Crippen LogP contribution in [0.3, 0.4) is 0 Å². The van der Waals surface area contributed by atoms with Crippen LogP contribution in [0.2, 0.25) is 0 Å². The molecule has 2 amide bonds. The minimum atomic E-state index is -0.664. The molecule has 0 unspecified atom stereocenters. The topological polar surface area (TPSA) is 84.9 Å². The van der Waals surface area contributed by atoms with Crippen molar-refractivity contribution < 1.29 is 23.9 Å². The molecular weight excluding hydrogens is 372 g/mol. The van der Waals surface area contributed by atoms with Crippen LogP contribution in [0, 0.1) is 0 Å². The van der Waals surface area contributed by atoms with Crippen LogP contribution in [-0.4, -0.2) is 44.1 Å². The van der Waals surface area contributed by atoms with Gasteiger partial charge in [-0.15, -0.1) is 0 Å².